The van der Waals surface area contributed by atoms with E-state index in [-0.39, 0.29) is 26.7 Å². The lowest BCUT2D eigenvalue weighted by atomic mass is 9.77. The summed E-state index contributed by atoms with van der Waals surface area (Å²) in [4.78, 5) is 0. The normalized spacial score (nSPS) is 12.8. The van der Waals surface area contributed by atoms with Gasteiger partial charge in [-0.2, -0.15) is 0 Å². The number of ether oxygens (including phenoxy) is 1. The number of phenols is 1. The molecule has 0 aliphatic heterocycles. The summed E-state index contributed by atoms with van der Waals surface area (Å²) in [5, 5.41) is 11.0. The second kappa shape index (κ2) is 11.9. The molecule has 0 radical (unpaired) electrons. The standard InChI is InChI=1S/C25H46O2P2/c1-10-28(11-2)16-14-24(5,6)20-19-23(27-9)21(18-22(20)26)25(7,8)15-17-29(12-3)13-4/h18-19,26H,10-17H2,1-9H3. The zero-order valence-corrected chi connectivity index (χ0v) is 22.4. The van der Waals surface area contributed by atoms with Crippen LogP contribution in [0.4, 0.5) is 0 Å². The van der Waals surface area contributed by atoms with Crippen LogP contribution < -0.4 is 4.74 Å². The molecule has 0 spiro atoms. The van der Waals surface area contributed by atoms with Gasteiger partial charge in [0.1, 0.15) is 11.5 Å². The minimum atomic E-state index is -0.0519. The summed E-state index contributed by atoms with van der Waals surface area (Å²) >= 11 is 0. The van der Waals surface area contributed by atoms with Gasteiger partial charge in [-0.25, -0.2) is 0 Å². The number of phenolic OH excluding ortho intramolecular Hbond substituents is 1. The molecule has 0 saturated carbocycles. The fourth-order valence-electron chi connectivity index (χ4n) is 4.03. The van der Waals surface area contributed by atoms with E-state index in [4.69, 9.17) is 4.74 Å². The summed E-state index contributed by atoms with van der Waals surface area (Å²) in [5.41, 5.74) is 2.11. The Balaban J connectivity index is 3.15. The quantitative estimate of drug-likeness (QED) is 0.317. The lowest BCUT2D eigenvalue weighted by Crippen LogP contribution is -2.23. The summed E-state index contributed by atoms with van der Waals surface area (Å²) in [5.74, 6) is 1.37. The van der Waals surface area contributed by atoms with Crippen molar-refractivity contribution in [2.24, 2.45) is 0 Å². The van der Waals surface area contributed by atoms with Gasteiger partial charge in [0.25, 0.3) is 0 Å². The number of benzene rings is 1. The molecule has 0 aliphatic carbocycles. The SMILES string of the molecule is CCP(CC)CCC(C)(C)c1cc(OC)c(C(C)(C)CCP(CC)CC)cc1O. The molecule has 168 valence electrons. The van der Waals surface area contributed by atoms with Gasteiger partial charge in [0.05, 0.1) is 7.11 Å². The van der Waals surface area contributed by atoms with Crippen LogP contribution in [0, 0.1) is 0 Å². The summed E-state index contributed by atoms with van der Waals surface area (Å²) in [6.45, 7) is 18.4. The zero-order valence-electron chi connectivity index (χ0n) is 20.6. The van der Waals surface area contributed by atoms with Gasteiger partial charge in [0.15, 0.2) is 0 Å². The van der Waals surface area contributed by atoms with Crippen molar-refractivity contribution in [2.45, 2.75) is 79.1 Å². The van der Waals surface area contributed by atoms with Crippen LogP contribution in [-0.4, -0.2) is 49.2 Å². The van der Waals surface area contributed by atoms with E-state index in [2.05, 4.69) is 61.5 Å². The third-order valence-corrected chi connectivity index (χ3v) is 12.0. The van der Waals surface area contributed by atoms with Gasteiger partial charge in [-0.15, -0.1) is 15.8 Å². The molecule has 0 heterocycles. The van der Waals surface area contributed by atoms with Crippen LogP contribution in [0.2, 0.25) is 0 Å². The van der Waals surface area contributed by atoms with E-state index in [0.29, 0.717) is 5.75 Å². The first-order chi connectivity index (χ1) is 13.6. The maximum atomic E-state index is 11.0. The molecule has 1 rings (SSSR count). The van der Waals surface area contributed by atoms with Crippen molar-refractivity contribution in [1.29, 1.82) is 0 Å². The van der Waals surface area contributed by atoms with Gasteiger partial charge in [-0.3, -0.25) is 0 Å². The molecule has 0 aromatic heterocycles. The monoisotopic (exact) mass is 440 g/mol. The maximum absolute atomic E-state index is 11.0. The topological polar surface area (TPSA) is 29.5 Å². The molecule has 2 nitrogen and oxygen atoms in total. The Morgan fingerprint density at radius 1 is 0.759 bits per heavy atom. The van der Waals surface area contributed by atoms with Crippen molar-refractivity contribution < 1.29 is 9.84 Å². The number of methoxy groups -OCH3 is 1. The van der Waals surface area contributed by atoms with Gasteiger partial charge in [0, 0.05) is 11.1 Å². The number of rotatable bonds is 13. The summed E-state index contributed by atoms with van der Waals surface area (Å²) in [7, 11) is 2.01. The minimum Gasteiger partial charge on any atom is -0.508 e. The molecule has 0 fully saturated rings. The Labute approximate surface area is 183 Å². The molecule has 4 heteroatoms. The highest BCUT2D eigenvalue weighted by Gasteiger charge is 2.31. The van der Waals surface area contributed by atoms with Crippen molar-refractivity contribution in [3.63, 3.8) is 0 Å². The van der Waals surface area contributed by atoms with Crippen molar-refractivity contribution in [3.05, 3.63) is 23.3 Å². The molecular weight excluding hydrogens is 394 g/mol. The Morgan fingerprint density at radius 2 is 1.17 bits per heavy atom. The summed E-state index contributed by atoms with van der Waals surface area (Å²) < 4.78 is 5.85. The van der Waals surface area contributed by atoms with Crippen molar-refractivity contribution in [1.82, 2.24) is 0 Å². The highest BCUT2D eigenvalue weighted by molar-refractivity contribution is 7.57. The van der Waals surface area contributed by atoms with Crippen LogP contribution >= 0.6 is 15.8 Å². The average molecular weight is 441 g/mol. The lowest BCUT2D eigenvalue weighted by molar-refractivity contribution is 0.377. The largest absolute Gasteiger partial charge is 0.508 e. The Hall–Kier alpha value is -0.320. The first-order valence-corrected chi connectivity index (χ1v) is 15.2. The number of hydrogen-bond acceptors (Lipinski definition) is 2. The van der Waals surface area contributed by atoms with Gasteiger partial charge >= 0.3 is 0 Å². The molecule has 0 atom stereocenters. The third kappa shape index (κ3) is 7.40. The second-order valence-corrected chi connectivity index (χ2v) is 15.5. The molecule has 0 bridgehead atoms. The molecule has 1 N–H and O–H groups in total. The van der Waals surface area contributed by atoms with Gasteiger partial charge < -0.3 is 9.84 Å². The summed E-state index contributed by atoms with van der Waals surface area (Å²) in [6, 6.07) is 4.12. The fourth-order valence-corrected chi connectivity index (χ4v) is 7.94. The third-order valence-electron chi connectivity index (χ3n) is 6.67. The van der Waals surface area contributed by atoms with E-state index in [1.54, 1.807) is 7.11 Å². The van der Waals surface area contributed by atoms with E-state index in [1.165, 1.54) is 37.0 Å². The van der Waals surface area contributed by atoms with Crippen molar-refractivity contribution in [2.75, 3.05) is 44.1 Å². The summed E-state index contributed by atoms with van der Waals surface area (Å²) in [6.07, 6.45) is 9.98. The molecule has 0 saturated heterocycles. The number of aromatic hydroxyl groups is 1. The Morgan fingerprint density at radius 3 is 1.55 bits per heavy atom. The molecule has 0 amide bonds. The van der Waals surface area contributed by atoms with Crippen LogP contribution in [-0.2, 0) is 10.8 Å². The first kappa shape index (κ1) is 26.7. The van der Waals surface area contributed by atoms with Crippen LogP contribution in [0.1, 0.15) is 79.4 Å². The second-order valence-electron chi connectivity index (χ2n) is 9.39. The zero-order chi connectivity index (χ0) is 22.2. The Kier molecular flexibility index (Phi) is 11.0. The van der Waals surface area contributed by atoms with Crippen LogP contribution in [0.15, 0.2) is 12.1 Å². The van der Waals surface area contributed by atoms with Crippen LogP contribution in [0.5, 0.6) is 11.5 Å². The molecule has 29 heavy (non-hydrogen) atoms. The first-order valence-electron chi connectivity index (χ1n) is 11.4. The molecule has 0 unspecified atom stereocenters. The van der Waals surface area contributed by atoms with E-state index < -0.39 is 0 Å². The minimum absolute atomic E-state index is 0.00480. The van der Waals surface area contributed by atoms with Crippen molar-refractivity contribution >= 4 is 15.8 Å². The average Bonchev–Trinajstić information content (AvgIpc) is 2.69. The van der Waals surface area contributed by atoms with E-state index in [0.717, 1.165) is 29.7 Å². The fraction of sp³-hybridized carbons (Fsp3) is 0.760. The highest BCUT2D eigenvalue weighted by atomic mass is 31.1. The van der Waals surface area contributed by atoms with Crippen LogP contribution in [0.3, 0.4) is 0 Å². The molecule has 1 aromatic rings. The highest BCUT2D eigenvalue weighted by Crippen LogP contribution is 2.46. The van der Waals surface area contributed by atoms with Crippen LogP contribution in [0.25, 0.3) is 0 Å². The van der Waals surface area contributed by atoms with E-state index in [1.807, 2.05) is 6.07 Å². The number of hydrogen-bond donors (Lipinski definition) is 1. The Bertz CT molecular complexity index is 617. The predicted octanol–water partition coefficient (Wildman–Crippen LogP) is 7.78. The lowest BCUT2D eigenvalue weighted by Gasteiger charge is -2.32. The molecular formula is C25H46O2P2. The van der Waals surface area contributed by atoms with Gasteiger partial charge in [-0.05, 0) is 72.8 Å². The predicted molar refractivity (Wildman–Crippen MR) is 136 cm³/mol. The molecule has 1 aromatic carbocycles. The smallest absolute Gasteiger partial charge is 0.123 e. The molecule has 0 aliphatic rings. The van der Waals surface area contributed by atoms with Gasteiger partial charge in [-0.1, -0.05) is 55.4 Å². The van der Waals surface area contributed by atoms with E-state index in [9.17, 15) is 5.11 Å². The maximum Gasteiger partial charge on any atom is 0.123 e. The van der Waals surface area contributed by atoms with Crippen molar-refractivity contribution in [3.8, 4) is 11.5 Å². The van der Waals surface area contributed by atoms with E-state index >= 15 is 0 Å². The van der Waals surface area contributed by atoms with Gasteiger partial charge in [0.2, 0.25) is 0 Å².